The van der Waals surface area contributed by atoms with Gasteiger partial charge in [0.1, 0.15) is 0 Å². The van der Waals surface area contributed by atoms with E-state index in [-0.39, 0.29) is 0 Å². The lowest BCUT2D eigenvalue weighted by atomic mass is 9.96. The van der Waals surface area contributed by atoms with Crippen molar-refractivity contribution in [1.82, 2.24) is 0 Å². The molecule has 0 nitrogen and oxygen atoms in total. The standard InChI is InChI=1S/C13H12.C12H18.2C6H6.C3H8.4C2H6/c1-3-7-12(8-4-1)11-13-9-5-2-6-10-13;1-4-10-8-7-9-11(5-2)12(10)6-3;2*1-2-4-6-5-3-1;1-3-2;4*1-2/h1-10H,11H2;7-9H,4-6H2,1-3H3;2*1-6H;3H2,1-2H3;4*1-2H3. The van der Waals surface area contributed by atoms with Gasteiger partial charge >= 0.3 is 0 Å². The van der Waals surface area contributed by atoms with Crippen LogP contribution in [0.4, 0.5) is 0 Å². The molecule has 266 valence electrons. The lowest BCUT2D eigenvalue weighted by Gasteiger charge is -2.10. The summed E-state index contributed by atoms with van der Waals surface area (Å²) >= 11 is 0. The molecular weight excluding hydrogens is 577 g/mol. The molecule has 0 amide bonds. The molecule has 0 saturated carbocycles. The molecule has 0 unspecified atom stereocenters. The molecular formula is C48H74. The molecule has 0 fully saturated rings. The van der Waals surface area contributed by atoms with Crippen molar-refractivity contribution in [3.05, 3.63) is 179 Å². The molecule has 0 N–H and O–H groups in total. The average Bonchev–Trinajstić information content (AvgIpc) is 3.21. The van der Waals surface area contributed by atoms with E-state index in [0.717, 1.165) is 19.3 Å². The van der Waals surface area contributed by atoms with Gasteiger partial charge in [-0.2, -0.15) is 0 Å². The second kappa shape index (κ2) is 45.2. The smallest absolute Gasteiger partial charge is 0.00258 e. The fourth-order valence-electron chi connectivity index (χ4n) is 4.00. The summed E-state index contributed by atoms with van der Waals surface area (Å²) < 4.78 is 0. The number of hydrogen-bond donors (Lipinski definition) is 0. The van der Waals surface area contributed by atoms with Crippen LogP contribution in [-0.2, 0) is 25.7 Å². The predicted molar refractivity (Wildman–Crippen MR) is 225 cm³/mol. The van der Waals surface area contributed by atoms with Gasteiger partial charge in [0, 0.05) is 0 Å². The van der Waals surface area contributed by atoms with Gasteiger partial charge in [0.25, 0.3) is 0 Å². The molecule has 0 aromatic heterocycles. The molecule has 0 aliphatic carbocycles. The van der Waals surface area contributed by atoms with Gasteiger partial charge in [-0.25, -0.2) is 0 Å². The van der Waals surface area contributed by atoms with Gasteiger partial charge in [-0.1, -0.05) is 248 Å². The Bertz CT molecular complexity index is 1040. The van der Waals surface area contributed by atoms with Crippen LogP contribution in [0, 0.1) is 0 Å². The monoisotopic (exact) mass is 651 g/mol. The van der Waals surface area contributed by atoms with Crippen molar-refractivity contribution >= 4 is 0 Å². The zero-order chi connectivity index (χ0) is 37.1. The van der Waals surface area contributed by atoms with Crippen LogP contribution in [0.5, 0.6) is 0 Å². The summed E-state index contributed by atoms with van der Waals surface area (Å²) in [5.41, 5.74) is 7.36. The van der Waals surface area contributed by atoms with Crippen molar-refractivity contribution in [2.75, 3.05) is 0 Å². The van der Waals surface area contributed by atoms with Crippen molar-refractivity contribution in [3.63, 3.8) is 0 Å². The topological polar surface area (TPSA) is 0 Å². The van der Waals surface area contributed by atoms with Crippen molar-refractivity contribution in [3.8, 4) is 0 Å². The Morgan fingerprint density at radius 3 is 0.729 bits per heavy atom. The minimum Gasteiger partial charge on any atom is -0.0683 e. The Morgan fingerprint density at radius 2 is 0.521 bits per heavy atom. The average molecular weight is 651 g/mol. The molecule has 0 spiro atoms. The minimum atomic E-state index is 1.03. The third-order valence-corrected chi connectivity index (χ3v) is 5.91. The fraction of sp³-hybridized carbons (Fsp3) is 0.375. The predicted octanol–water partition coefficient (Wildman–Crippen LogP) is 15.5. The maximum absolute atomic E-state index is 2.25. The van der Waals surface area contributed by atoms with Gasteiger partial charge in [0.15, 0.2) is 0 Å². The number of rotatable bonds is 5. The van der Waals surface area contributed by atoms with Gasteiger partial charge in [-0.3, -0.25) is 0 Å². The molecule has 48 heavy (non-hydrogen) atoms. The Labute approximate surface area is 300 Å². The third-order valence-electron chi connectivity index (χ3n) is 5.91. The molecule has 5 aromatic rings. The van der Waals surface area contributed by atoms with E-state index >= 15 is 0 Å². The maximum atomic E-state index is 2.25. The van der Waals surface area contributed by atoms with E-state index in [2.05, 4.69) is 113 Å². The Hall–Kier alpha value is -3.90. The summed E-state index contributed by atoms with van der Waals surface area (Å²) in [6.45, 7) is 27.0. The van der Waals surface area contributed by atoms with Crippen molar-refractivity contribution in [1.29, 1.82) is 0 Å². The summed E-state index contributed by atoms with van der Waals surface area (Å²) in [6, 6.07) is 51.7. The van der Waals surface area contributed by atoms with Crippen LogP contribution in [0.15, 0.2) is 152 Å². The van der Waals surface area contributed by atoms with E-state index in [1.165, 1.54) is 35.1 Å². The van der Waals surface area contributed by atoms with Crippen molar-refractivity contribution < 1.29 is 0 Å². The zero-order valence-electron chi connectivity index (χ0n) is 33.5. The van der Waals surface area contributed by atoms with Gasteiger partial charge in [0.05, 0.1) is 0 Å². The normalized spacial score (nSPS) is 8.10. The van der Waals surface area contributed by atoms with E-state index < -0.39 is 0 Å². The fourth-order valence-corrected chi connectivity index (χ4v) is 4.00. The van der Waals surface area contributed by atoms with Crippen LogP contribution in [-0.4, -0.2) is 0 Å². The molecule has 0 radical (unpaired) electrons. The molecule has 5 aromatic carbocycles. The second-order valence-corrected chi connectivity index (χ2v) is 9.28. The quantitative estimate of drug-likeness (QED) is 0.178. The molecule has 0 atom stereocenters. The first-order valence-electron chi connectivity index (χ1n) is 18.9. The highest BCUT2D eigenvalue weighted by Crippen LogP contribution is 2.16. The minimum absolute atomic E-state index is 1.03. The van der Waals surface area contributed by atoms with Crippen LogP contribution in [0.25, 0.3) is 0 Å². The largest absolute Gasteiger partial charge is 0.0683 e. The first-order chi connectivity index (χ1) is 23.7. The van der Waals surface area contributed by atoms with Crippen molar-refractivity contribution in [2.45, 2.75) is 122 Å². The highest BCUT2D eigenvalue weighted by molar-refractivity contribution is 5.35. The van der Waals surface area contributed by atoms with Gasteiger partial charge < -0.3 is 0 Å². The van der Waals surface area contributed by atoms with Gasteiger partial charge in [0.2, 0.25) is 0 Å². The van der Waals surface area contributed by atoms with Crippen LogP contribution in [0.1, 0.15) is 124 Å². The van der Waals surface area contributed by atoms with Gasteiger partial charge in [-0.05, 0) is 53.5 Å². The summed E-state index contributed by atoms with van der Waals surface area (Å²) in [5.74, 6) is 0. The molecule has 0 saturated heterocycles. The van der Waals surface area contributed by atoms with E-state index in [1.807, 2.05) is 128 Å². The third kappa shape index (κ3) is 30.7. The number of aryl methyl sites for hydroxylation is 2. The summed E-state index contributed by atoms with van der Waals surface area (Å²) in [6.07, 6.45) is 5.78. The molecule has 0 heteroatoms. The van der Waals surface area contributed by atoms with E-state index in [9.17, 15) is 0 Å². The summed E-state index contributed by atoms with van der Waals surface area (Å²) in [7, 11) is 0. The highest BCUT2D eigenvalue weighted by Gasteiger charge is 2.02. The lowest BCUT2D eigenvalue weighted by molar-refractivity contribution is 0.981. The SMILES string of the molecule is CC.CC.CC.CC.CCC.CCc1cccc(CC)c1CC.c1ccc(Cc2ccccc2)cc1.c1ccccc1.c1ccccc1. The Morgan fingerprint density at radius 1 is 0.292 bits per heavy atom. The summed E-state index contributed by atoms with van der Waals surface area (Å²) in [4.78, 5) is 0. The second-order valence-electron chi connectivity index (χ2n) is 9.28. The van der Waals surface area contributed by atoms with Crippen LogP contribution < -0.4 is 0 Å². The molecule has 0 aliphatic rings. The molecule has 0 heterocycles. The summed E-state index contributed by atoms with van der Waals surface area (Å²) in [5, 5.41) is 0. The number of benzene rings is 5. The van der Waals surface area contributed by atoms with E-state index in [1.54, 1.807) is 5.56 Å². The number of hydrogen-bond acceptors (Lipinski definition) is 0. The lowest BCUT2D eigenvalue weighted by Crippen LogP contribution is -1.96. The van der Waals surface area contributed by atoms with Crippen molar-refractivity contribution in [2.24, 2.45) is 0 Å². The van der Waals surface area contributed by atoms with E-state index in [0.29, 0.717) is 0 Å². The molecule has 5 rings (SSSR count). The molecule has 0 bridgehead atoms. The van der Waals surface area contributed by atoms with Crippen LogP contribution in [0.3, 0.4) is 0 Å². The maximum Gasteiger partial charge on any atom is -0.00258 e. The first-order valence-corrected chi connectivity index (χ1v) is 18.9. The van der Waals surface area contributed by atoms with E-state index in [4.69, 9.17) is 0 Å². The Kier molecular flexibility index (Phi) is 48.0. The van der Waals surface area contributed by atoms with Gasteiger partial charge in [-0.15, -0.1) is 0 Å². The Balaban J connectivity index is -0.000000253. The molecule has 0 aliphatic heterocycles. The van der Waals surface area contributed by atoms with Crippen LogP contribution >= 0.6 is 0 Å². The zero-order valence-corrected chi connectivity index (χ0v) is 33.5. The van der Waals surface area contributed by atoms with Crippen LogP contribution in [0.2, 0.25) is 0 Å². The highest BCUT2D eigenvalue weighted by atomic mass is 14.1. The first kappa shape index (κ1) is 50.9.